The van der Waals surface area contributed by atoms with Crippen molar-refractivity contribution in [2.45, 2.75) is 46.0 Å². The monoisotopic (exact) mass is 260 g/mol. The van der Waals surface area contributed by atoms with Gasteiger partial charge in [-0.3, -0.25) is 4.79 Å². The minimum absolute atomic E-state index is 0.0270. The van der Waals surface area contributed by atoms with Gasteiger partial charge in [0, 0.05) is 0 Å². The first kappa shape index (κ1) is 14.1. The van der Waals surface area contributed by atoms with E-state index < -0.39 is 0 Å². The van der Waals surface area contributed by atoms with Gasteiger partial charge in [0.25, 0.3) is 0 Å². The van der Waals surface area contributed by atoms with Crippen LogP contribution in [0.2, 0.25) is 0 Å². The molecule has 1 aliphatic rings. The molecule has 1 aromatic carbocycles. The molecule has 3 unspecified atom stereocenters. The van der Waals surface area contributed by atoms with Crippen LogP contribution in [-0.2, 0) is 9.53 Å². The Hall–Kier alpha value is -1.31. The third kappa shape index (κ3) is 3.17. The fraction of sp³-hybridized carbons (Fsp3) is 0.588. The molecule has 0 aromatic heterocycles. The molecule has 0 N–H and O–H groups in total. The third-order valence-corrected chi connectivity index (χ3v) is 4.38. The Labute approximate surface area is 116 Å². The second-order valence-corrected chi connectivity index (χ2v) is 5.83. The molecule has 0 aliphatic heterocycles. The maximum absolute atomic E-state index is 11.5. The zero-order chi connectivity index (χ0) is 14.0. The Balaban J connectivity index is 2.05. The first-order valence-electron chi connectivity index (χ1n) is 7.21. The molecule has 3 atom stereocenters. The van der Waals surface area contributed by atoms with Crippen molar-refractivity contribution in [3.05, 3.63) is 34.9 Å². The highest BCUT2D eigenvalue weighted by Crippen LogP contribution is 2.46. The quantitative estimate of drug-likeness (QED) is 0.748. The second kappa shape index (κ2) is 5.77. The Morgan fingerprint density at radius 1 is 1.42 bits per heavy atom. The molecule has 2 heteroatoms. The van der Waals surface area contributed by atoms with E-state index in [1.54, 1.807) is 0 Å². The molecule has 0 saturated heterocycles. The molecule has 1 saturated carbocycles. The molecule has 2 rings (SSSR count). The number of esters is 1. The molecule has 0 amide bonds. The van der Waals surface area contributed by atoms with Crippen LogP contribution in [0.4, 0.5) is 0 Å². The predicted molar refractivity (Wildman–Crippen MR) is 77.2 cm³/mol. The van der Waals surface area contributed by atoms with Crippen LogP contribution in [0.5, 0.6) is 0 Å². The summed E-state index contributed by atoms with van der Waals surface area (Å²) in [5.41, 5.74) is 4.14. The molecule has 0 radical (unpaired) electrons. The number of rotatable bonds is 5. The van der Waals surface area contributed by atoms with E-state index in [0.29, 0.717) is 11.8 Å². The van der Waals surface area contributed by atoms with E-state index in [1.165, 1.54) is 23.8 Å². The fourth-order valence-corrected chi connectivity index (χ4v) is 3.03. The summed E-state index contributed by atoms with van der Waals surface area (Å²) in [6.45, 7) is 6.56. The summed E-state index contributed by atoms with van der Waals surface area (Å²) in [5, 5.41) is 0. The van der Waals surface area contributed by atoms with Crippen molar-refractivity contribution in [1.29, 1.82) is 0 Å². The summed E-state index contributed by atoms with van der Waals surface area (Å²) in [7, 11) is 1.49. The van der Waals surface area contributed by atoms with Gasteiger partial charge in [-0.25, -0.2) is 0 Å². The molecule has 0 bridgehead atoms. The topological polar surface area (TPSA) is 26.3 Å². The molecule has 1 aliphatic carbocycles. The van der Waals surface area contributed by atoms with Crippen LogP contribution in [0.3, 0.4) is 0 Å². The van der Waals surface area contributed by atoms with Gasteiger partial charge in [-0.15, -0.1) is 0 Å². The Morgan fingerprint density at radius 2 is 2.16 bits per heavy atom. The van der Waals surface area contributed by atoms with Crippen LogP contribution in [0.25, 0.3) is 0 Å². The summed E-state index contributed by atoms with van der Waals surface area (Å²) < 4.78 is 4.83. The Morgan fingerprint density at radius 3 is 2.79 bits per heavy atom. The van der Waals surface area contributed by atoms with Crippen molar-refractivity contribution in [2.24, 2.45) is 11.8 Å². The highest BCUT2D eigenvalue weighted by atomic mass is 16.5. The zero-order valence-electron chi connectivity index (χ0n) is 12.4. The number of carbonyl (C=O) groups excluding carboxylic acids is 1. The SMILES string of the molecule is CCC(CC1CC1C(=O)OC)c1cc(C)ccc1C. The van der Waals surface area contributed by atoms with Gasteiger partial charge < -0.3 is 4.74 Å². The lowest BCUT2D eigenvalue weighted by molar-refractivity contribution is -0.142. The number of carbonyl (C=O) groups is 1. The van der Waals surface area contributed by atoms with Gasteiger partial charge >= 0.3 is 5.97 Å². The van der Waals surface area contributed by atoms with E-state index in [1.807, 2.05) is 0 Å². The number of benzene rings is 1. The highest BCUT2D eigenvalue weighted by Gasteiger charge is 2.44. The lowest BCUT2D eigenvalue weighted by Crippen LogP contribution is -2.07. The van der Waals surface area contributed by atoms with Crippen molar-refractivity contribution in [2.75, 3.05) is 7.11 Å². The third-order valence-electron chi connectivity index (χ3n) is 4.38. The summed E-state index contributed by atoms with van der Waals surface area (Å²) in [6.07, 6.45) is 3.25. The van der Waals surface area contributed by atoms with Gasteiger partial charge in [-0.1, -0.05) is 30.7 Å². The largest absolute Gasteiger partial charge is 0.469 e. The van der Waals surface area contributed by atoms with Crippen molar-refractivity contribution in [3.8, 4) is 0 Å². The van der Waals surface area contributed by atoms with E-state index in [-0.39, 0.29) is 11.9 Å². The minimum atomic E-state index is -0.0270. The predicted octanol–water partition coefficient (Wildman–Crippen LogP) is 4.00. The molecule has 1 fully saturated rings. The maximum Gasteiger partial charge on any atom is 0.308 e. The molecular weight excluding hydrogens is 236 g/mol. The molecule has 1 aromatic rings. The van der Waals surface area contributed by atoms with Gasteiger partial charge in [0.1, 0.15) is 0 Å². The van der Waals surface area contributed by atoms with E-state index in [2.05, 4.69) is 39.0 Å². The molecule has 2 nitrogen and oxygen atoms in total. The number of ether oxygens (including phenoxy) is 1. The number of hydrogen-bond donors (Lipinski definition) is 0. The van der Waals surface area contributed by atoms with E-state index in [0.717, 1.165) is 19.3 Å². The summed E-state index contributed by atoms with van der Waals surface area (Å²) in [5.74, 6) is 1.22. The Kier molecular flexibility index (Phi) is 4.28. The second-order valence-electron chi connectivity index (χ2n) is 5.83. The van der Waals surface area contributed by atoms with Crippen LogP contribution in [0.15, 0.2) is 18.2 Å². The van der Waals surface area contributed by atoms with Gasteiger partial charge in [0.15, 0.2) is 0 Å². The normalized spacial score (nSPS) is 22.9. The number of methoxy groups -OCH3 is 1. The van der Waals surface area contributed by atoms with E-state index in [9.17, 15) is 4.79 Å². The van der Waals surface area contributed by atoms with Crippen molar-refractivity contribution in [3.63, 3.8) is 0 Å². The number of aryl methyl sites for hydroxylation is 2. The lowest BCUT2D eigenvalue weighted by Gasteiger charge is -2.18. The first-order chi connectivity index (χ1) is 9.06. The molecule has 0 heterocycles. The average Bonchev–Trinajstić information content (AvgIpc) is 3.17. The van der Waals surface area contributed by atoms with Gasteiger partial charge in [0.05, 0.1) is 13.0 Å². The van der Waals surface area contributed by atoms with Crippen LogP contribution in [0, 0.1) is 25.7 Å². The average molecular weight is 260 g/mol. The summed E-state index contributed by atoms with van der Waals surface area (Å²) in [4.78, 5) is 11.5. The first-order valence-corrected chi connectivity index (χ1v) is 7.21. The van der Waals surface area contributed by atoms with Crippen molar-refractivity contribution < 1.29 is 9.53 Å². The van der Waals surface area contributed by atoms with Crippen LogP contribution >= 0.6 is 0 Å². The highest BCUT2D eigenvalue weighted by molar-refractivity contribution is 5.75. The summed E-state index contributed by atoms with van der Waals surface area (Å²) >= 11 is 0. The minimum Gasteiger partial charge on any atom is -0.469 e. The van der Waals surface area contributed by atoms with Crippen LogP contribution < -0.4 is 0 Å². The Bertz CT molecular complexity index is 464. The van der Waals surface area contributed by atoms with Crippen molar-refractivity contribution >= 4 is 5.97 Å². The smallest absolute Gasteiger partial charge is 0.308 e. The number of hydrogen-bond acceptors (Lipinski definition) is 2. The van der Waals surface area contributed by atoms with E-state index >= 15 is 0 Å². The van der Waals surface area contributed by atoms with Crippen LogP contribution in [0.1, 0.15) is 48.8 Å². The molecular formula is C17H24O2. The summed E-state index contributed by atoms with van der Waals surface area (Å²) in [6, 6.07) is 6.68. The van der Waals surface area contributed by atoms with Crippen molar-refractivity contribution in [1.82, 2.24) is 0 Å². The maximum atomic E-state index is 11.5. The van der Waals surface area contributed by atoms with Gasteiger partial charge in [-0.05, 0) is 56.1 Å². The van der Waals surface area contributed by atoms with E-state index in [4.69, 9.17) is 4.74 Å². The standard InChI is InChI=1S/C17H24O2/c1-5-13(9-14-10-16(14)17(18)19-4)15-8-11(2)6-7-12(15)3/h6-8,13-14,16H,5,9-10H2,1-4H3. The van der Waals surface area contributed by atoms with Gasteiger partial charge in [-0.2, -0.15) is 0 Å². The zero-order valence-corrected chi connectivity index (χ0v) is 12.4. The van der Waals surface area contributed by atoms with Crippen LogP contribution in [-0.4, -0.2) is 13.1 Å². The fourth-order valence-electron chi connectivity index (χ4n) is 3.03. The molecule has 104 valence electrons. The molecule has 0 spiro atoms. The lowest BCUT2D eigenvalue weighted by atomic mass is 9.87. The van der Waals surface area contributed by atoms with Gasteiger partial charge in [0.2, 0.25) is 0 Å². The molecule has 19 heavy (non-hydrogen) atoms.